The molecule has 1 heterocycles. The van der Waals surface area contributed by atoms with Gasteiger partial charge in [-0.05, 0) is 18.4 Å². The predicted octanol–water partition coefficient (Wildman–Crippen LogP) is 3.00. The number of hydrogen-bond acceptors (Lipinski definition) is 1. The van der Waals surface area contributed by atoms with Crippen LogP contribution in [-0.2, 0) is 6.42 Å². The SMILES string of the molecule is CC(C)Cc1cc(=O)c2cc(F)cc(F)c2[nH]1. The fourth-order valence-corrected chi connectivity index (χ4v) is 1.88. The lowest BCUT2D eigenvalue weighted by Gasteiger charge is -2.07. The van der Waals surface area contributed by atoms with Crippen molar-refractivity contribution in [2.45, 2.75) is 20.3 Å². The first-order chi connectivity index (χ1) is 7.97. The number of aromatic nitrogens is 1. The van der Waals surface area contributed by atoms with Crippen molar-refractivity contribution in [1.82, 2.24) is 4.98 Å². The number of nitrogens with one attached hydrogen (secondary N) is 1. The van der Waals surface area contributed by atoms with Gasteiger partial charge in [0, 0.05) is 17.8 Å². The van der Waals surface area contributed by atoms with E-state index in [-0.39, 0.29) is 16.3 Å². The molecule has 1 aromatic heterocycles. The number of fused-ring (bicyclic) bond motifs is 1. The van der Waals surface area contributed by atoms with Gasteiger partial charge in [0.25, 0.3) is 0 Å². The van der Waals surface area contributed by atoms with E-state index in [1.54, 1.807) is 0 Å². The van der Waals surface area contributed by atoms with Crippen LogP contribution < -0.4 is 5.43 Å². The molecule has 0 aliphatic heterocycles. The Labute approximate surface area is 97.3 Å². The molecule has 0 bridgehead atoms. The minimum absolute atomic E-state index is 0.0509. The van der Waals surface area contributed by atoms with Gasteiger partial charge in [-0.25, -0.2) is 8.78 Å². The van der Waals surface area contributed by atoms with E-state index in [1.165, 1.54) is 6.07 Å². The summed E-state index contributed by atoms with van der Waals surface area (Å²) in [4.78, 5) is 14.6. The maximum Gasteiger partial charge on any atom is 0.189 e. The van der Waals surface area contributed by atoms with E-state index in [0.717, 1.165) is 12.1 Å². The van der Waals surface area contributed by atoms with Crippen LogP contribution in [0.4, 0.5) is 8.78 Å². The van der Waals surface area contributed by atoms with Crippen molar-refractivity contribution in [3.8, 4) is 0 Å². The van der Waals surface area contributed by atoms with E-state index in [2.05, 4.69) is 4.98 Å². The second kappa shape index (κ2) is 4.28. The molecule has 0 saturated heterocycles. The van der Waals surface area contributed by atoms with Gasteiger partial charge in [0.1, 0.15) is 11.6 Å². The Bertz CT molecular complexity index is 617. The number of H-pyrrole nitrogens is 1. The summed E-state index contributed by atoms with van der Waals surface area (Å²) in [5.74, 6) is -1.12. The van der Waals surface area contributed by atoms with Gasteiger partial charge in [0.05, 0.1) is 10.9 Å². The molecule has 1 N–H and O–H groups in total. The third kappa shape index (κ3) is 2.35. The van der Waals surface area contributed by atoms with E-state index >= 15 is 0 Å². The predicted molar refractivity (Wildman–Crippen MR) is 63.0 cm³/mol. The average Bonchev–Trinajstić information content (AvgIpc) is 2.19. The summed E-state index contributed by atoms with van der Waals surface area (Å²) in [5, 5.41) is 0.0509. The first-order valence-electron chi connectivity index (χ1n) is 5.48. The fourth-order valence-electron chi connectivity index (χ4n) is 1.88. The molecule has 2 nitrogen and oxygen atoms in total. The Kier molecular flexibility index (Phi) is 2.96. The number of benzene rings is 1. The summed E-state index contributed by atoms with van der Waals surface area (Å²) in [7, 11) is 0. The van der Waals surface area contributed by atoms with Crippen molar-refractivity contribution >= 4 is 10.9 Å². The molecule has 2 rings (SSSR count). The maximum atomic E-state index is 13.5. The van der Waals surface area contributed by atoms with Crippen molar-refractivity contribution in [2.75, 3.05) is 0 Å². The standard InChI is InChI=1S/C13H13F2NO/c1-7(2)3-9-6-12(17)10-4-8(14)5-11(15)13(10)16-9/h4-7H,3H2,1-2H3,(H,16,17). The van der Waals surface area contributed by atoms with Gasteiger partial charge in [-0.2, -0.15) is 0 Å². The molecule has 0 fully saturated rings. The zero-order valence-electron chi connectivity index (χ0n) is 9.68. The molecule has 0 atom stereocenters. The normalized spacial score (nSPS) is 11.4. The first kappa shape index (κ1) is 11.8. The largest absolute Gasteiger partial charge is 0.356 e. The van der Waals surface area contributed by atoms with Gasteiger partial charge in [-0.15, -0.1) is 0 Å². The molecule has 0 radical (unpaired) electrons. The third-order valence-corrected chi connectivity index (χ3v) is 2.54. The van der Waals surface area contributed by atoms with Crippen LogP contribution in [0, 0.1) is 17.6 Å². The van der Waals surface area contributed by atoms with Gasteiger partial charge < -0.3 is 4.98 Å². The molecule has 0 aliphatic carbocycles. The highest BCUT2D eigenvalue weighted by Gasteiger charge is 2.09. The average molecular weight is 237 g/mol. The van der Waals surface area contributed by atoms with Gasteiger partial charge >= 0.3 is 0 Å². The highest BCUT2D eigenvalue weighted by Crippen LogP contribution is 2.16. The molecular formula is C13H13F2NO. The summed E-state index contributed by atoms with van der Waals surface area (Å²) < 4.78 is 26.5. The molecule has 17 heavy (non-hydrogen) atoms. The number of pyridine rings is 1. The monoisotopic (exact) mass is 237 g/mol. The maximum absolute atomic E-state index is 13.5. The summed E-state index contributed by atoms with van der Waals surface area (Å²) in [6, 6.07) is 3.23. The fraction of sp³-hybridized carbons (Fsp3) is 0.308. The van der Waals surface area contributed by atoms with Crippen LogP contribution in [0.3, 0.4) is 0 Å². The quantitative estimate of drug-likeness (QED) is 0.855. The molecule has 0 amide bonds. The molecule has 1 aromatic carbocycles. The molecular weight excluding hydrogens is 224 g/mol. The van der Waals surface area contributed by atoms with Crippen LogP contribution in [-0.4, -0.2) is 4.98 Å². The lowest BCUT2D eigenvalue weighted by Crippen LogP contribution is -2.08. The molecule has 4 heteroatoms. The minimum Gasteiger partial charge on any atom is -0.356 e. The molecule has 0 aliphatic rings. The zero-order chi connectivity index (χ0) is 12.6. The van der Waals surface area contributed by atoms with Crippen LogP contribution >= 0.6 is 0 Å². The molecule has 0 saturated carbocycles. The van der Waals surface area contributed by atoms with Crippen LogP contribution in [0.15, 0.2) is 23.0 Å². The van der Waals surface area contributed by atoms with Gasteiger partial charge in [0.2, 0.25) is 0 Å². The van der Waals surface area contributed by atoms with Gasteiger partial charge in [-0.1, -0.05) is 13.8 Å². The van der Waals surface area contributed by atoms with Crippen LogP contribution in [0.2, 0.25) is 0 Å². The molecule has 0 unspecified atom stereocenters. The van der Waals surface area contributed by atoms with Crippen molar-refractivity contribution in [3.63, 3.8) is 0 Å². The summed E-state index contributed by atoms with van der Waals surface area (Å²) in [5.41, 5.74) is 0.394. The van der Waals surface area contributed by atoms with Crippen LogP contribution in [0.25, 0.3) is 10.9 Å². The number of halogens is 2. The lowest BCUT2D eigenvalue weighted by molar-refractivity contribution is 0.588. The van der Waals surface area contributed by atoms with Crippen molar-refractivity contribution < 1.29 is 8.78 Å². The number of hydrogen-bond donors (Lipinski definition) is 1. The van der Waals surface area contributed by atoms with Gasteiger partial charge in [-0.3, -0.25) is 4.79 Å². The summed E-state index contributed by atoms with van der Waals surface area (Å²) in [6.07, 6.45) is 0.655. The number of rotatable bonds is 2. The summed E-state index contributed by atoms with van der Waals surface area (Å²) >= 11 is 0. The van der Waals surface area contributed by atoms with Crippen molar-refractivity contribution in [3.05, 3.63) is 45.8 Å². The van der Waals surface area contributed by atoms with Crippen molar-refractivity contribution in [2.24, 2.45) is 5.92 Å². The molecule has 0 spiro atoms. The van der Waals surface area contributed by atoms with Crippen molar-refractivity contribution in [1.29, 1.82) is 0 Å². The Morgan fingerprint density at radius 3 is 2.59 bits per heavy atom. The Morgan fingerprint density at radius 2 is 1.94 bits per heavy atom. The molecule has 90 valence electrons. The van der Waals surface area contributed by atoms with Gasteiger partial charge in [0.15, 0.2) is 5.43 Å². The second-order valence-electron chi connectivity index (χ2n) is 4.57. The van der Waals surface area contributed by atoms with E-state index in [1.807, 2.05) is 13.8 Å². The first-order valence-corrected chi connectivity index (χ1v) is 5.48. The zero-order valence-corrected chi connectivity index (χ0v) is 9.68. The number of aromatic amines is 1. The van der Waals surface area contributed by atoms with E-state index < -0.39 is 11.6 Å². The topological polar surface area (TPSA) is 32.9 Å². The van der Waals surface area contributed by atoms with E-state index in [4.69, 9.17) is 0 Å². The molecule has 2 aromatic rings. The minimum atomic E-state index is -0.739. The highest BCUT2D eigenvalue weighted by molar-refractivity contribution is 5.79. The van der Waals surface area contributed by atoms with Crippen LogP contribution in [0.1, 0.15) is 19.5 Å². The Balaban J connectivity index is 2.69. The Morgan fingerprint density at radius 1 is 1.24 bits per heavy atom. The van der Waals surface area contributed by atoms with Crippen LogP contribution in [0.5, 0.6) is 0 Å². The van der Waals surface area contributed by atoms with E-state index in [9.17, 15) is 13.6 Å². The Hall–Kier alpha value is -1.71. The lowest BCUT2D eigenvalue weighted by atomic mass is 10.1. The smallest absolute Gasteiger partial charge is 0.189 e. The highest BCUT2D eigenvalue weighted by atomic mass is 19.1. The summed E-state index contributed by atoms with van der Waals surface area (Å²) in [6.45, 7) is 4.01. The third-order valence-electron chi connectivity index (χ3n) is 2.54. The van der Waals surface area contributed by atoms with E-state index in [0.29, 0.717) is 18.0 Å². The second-order valence-corrected chi connectivity index (χ2v) is 4.57.